The highest BCUT2D eigenvalue weighted by atomic mass is 35.5. The molecular formula is C29H33Cl2N3O4S. The lowest BCUT2D eigenvalue weighted by Crippen LogP contribution is -2.53. The molecule has 0 aliphatic rings. The zero-order valence-corrected chi connectivity index (χ0v) is 24.6. The van der Waals surface area contributed by atoms with Gasteiger partial charge < -0.3 is 10.2 Å². The molecule has 0 aliphatic heterocycles. The third-order valence-electron chi connectivity index (χ3n) is 6.17. The highest BCUT2D eigenvalue weighted by Gasteiger charge is 2.33. The Morgan fingerprint density at radius 2 is 1.59 bits per heavy atom. The maximum atomic E-state index is 14.0. The van der Waals surface area contributed by atoms with Crippen LogP contribution < -0.4 is 9.62 Å². The Labute approximate surface area is 240 Å². The molecule has 10 heteroatoms. The molecule has 0 aliphatic carbocycles. The average Bonchev–Trinajstić information content (AvgIpc) is 2.88. The summed E-state index contributed by atoms with van der Waals surface area (Å²) in [5.74, 6) is -0.841. The van der Waals surface area contributed by atoms with E-state index >= 15 is 0 Å². The van der Waals surface area contributed by atoms with E-state index in [0.717, 1.165) is 22.5 Å². The fourth-order valence-electron chi connectivity index (χ4n) is 4.25. The van der Waals surface area contributed by atoms with E-state index < -0.39 is 28.5 Å². The van der Waals surface area contributed by atoms with Crippen molar-refractivity contribution in [3.63, 3.8) is 0 Å². The highest BCUT2D eigenvalue weighted by molar-refractivity contribution is 7.92. The van der Waals surface area contributed by atoms with Crippen molar-refractivity contribution >= 4 is 50.7 Å². The second-order valence-electron chi connectivity index (χ2n) is 9.35. The van der Waals surface area contributed by atoms with Gasteiger partial charge in [0.15, 0.2) is 0 Å². The molecule has 0 saturated heterocycles. The first kappa shape index (κ1) is 30.5. The van der Waals surface area contributed by atoms with Gasteiger partial charge in [-0.1, -0.05) is 72.6 Å². The number of nitrogens with one attached hydrogen (secondary N) is 1. The van der Waals surface area contributed by atoms with Crippen LogP contribution >= 0.6 is 23.2 Å². The van der Waals surface area contributed by atoms with Gasteiger partial charge in [0.1, 0.15) is 12.6 Å². The van der Waals surface area contributed by atoms with Gasteiger partial charge in [0, 0.05) is 29.6 Å². The molecule has 0 bridgehead atoms. The van der Waals surface area contributed by atoms with Crippen molar-refractivity contribution in [2.24, 2.45) is 0 Å². The van der Waals surface area contributed by atoms with E-state index in [2.05, 4.69) is 5.32 Å². The van der Waals surface area contributed by atoms with E-state index in [1.807, 2.05) is 43.3 Å². The first-order valence-electron chi connectivity index (χ1n) is 12.6. The third kappa shape index (κ3) is 8.71. The lowest BCUT2D eigenvalue weighted by atomic mass is 10.0. The van der Waals surface area contributed by atoms with Crippen LogP contribution in [-0.2, 0) is 32.6 Å². The van der Waals surface area contributed by atoms with Crippen molar-refractivity contribution in [3.8, 4) is 0 Å². The standard InChI is InChI=1S/C29H33Cl2N3O4S/c1-4-15-32-29(36)27(18-22-9-6-5-7-10-22)33(19-23-11-8-12-24(30)17-23)28(35)20-34(39(3,37)38)26-14-13-25(31)16-21(26)2/h5-14,16-17,27H,4,15,18-20H2,1-3H3,(H,32,36)/t27-/m1/s1. The van der Waals surface area contributed by atoms with Crippen LogP contribution in [0.15, 0.2) is 72.8 Å². The first-order chi connectivity index (χ1) is 18.5. The summed E-state index contributed by atoms with van der Waals surface area (Å²) < 4.78 is 26.8. The molecule has 208 valence electrons. The third-order valence-corrected chi connectivity index (χ3v) is 7.77. The van der Waals surface area contributed by atoms with Crippen LogP contribution in [0.2, 0.25) is 10.0 Å². The maximum absolute atomic E-state index is 14.0. The van der Waals surface area contributed by atoms with Gasteiger partial charge in [0.2, 0.25) is 21.8 Å². The van der Waals surface area contributed by atoms with Crippen molar-refractivity contribution in [2.75, 3.05) is 23.7 Å². The maximum Gasteiger partial charge on any atom is 0.244 e. The topological polar surface area (TPSA) is 86.8 Å². The predicted molar refractivity (Wildman–Crippen MR) is 158 cm³/mol. The summed E-state index contributed by atoms with van der Waals surface area (Å²) in [5, 5.41) is 3.85. The number of anilines is 1. The zero-order valence-electron chi connectivity index (χ0n) is 22.2. The number of amides is 2. The van der Waals surface area contributed by atoms with Crippen molar-refractivity contribution in [1.82, 2.24) is 10.2 Å². The molecule has 2 amide bonds. The summed E-state index contributed by atoms with van der Waals surface area (Å²) in [7, 11) is -3.86. The van der Waals surface area contributed by atoms with Gasteiger partial charge >= 0.3 is 0 Å². The molecule has 39 heavy (non-hydrogen) atoms. The molecule has 0 fully saturated rings. The average molecular weight is 591 g/mol. The van der Waals surface area contributed by atoms with Crippen LogP contribution in [0.3, 0.4) is 0 Å². The lowest BCUT2D eigenvalue weighted by molar-refractivity contribution is -0.140. The minimum atomic E-state index is -3.86. The number of nitrogens with zero attached hydrogens (tertiary/aromatic N) is 2. The minimum Gasteiger partial charge on any atom is -0.354 e. The summed E-state index contributed by atoms with van der Waals surface area (Å²) in [6.07, 6.45) is 2.02. The van der Waals surface area contributed by atoms with Crippen LogP contribution in [0, 0.1) is 6.92 Å². The van der Waals surface area contributed by atoms with Gasteiger partial charge in [-0.2, -0.15) is 0 Å². The van der Waals surface area contributed by atoms with Crippen molar-refractivity contribution in [3.05, 3.63) is 99.5 Å². The molecule has 7 nitrogen and oxygen atoms in total. The Kier molecular flexibility index (Phi) is 10.8. The molecular weight excluding hydrogens is 557 g/mol. The van der Waals surface area contributed by atoms with Gasteiger partial charge in [0.25, 0.3) is 0 Å². The van der Waals surface area contributed by atoms with E-state index in [4.69, 9.17) is 23.2 Å². The Morgan fingerprint density at radius 1 is 0.923 bits per heavy atom. The largest absolute Gasteiger partial charge is 0.354 e. The molecule has 0 saturated carbocycles. The van der Waals surface area contributed by atoms with Crippen LogP contribution in [0.5, 0.6) is 0 Å². The summed E-state index contributed by atoms with van der Waals surface area (Å²) in [6.45, 7) is 3.69. The summed E-state index contributed by atoms with van der Waals surface area (Å²) >= 11 is 12.3. The number of aryl methyl sites for hydroxylation is 1. The second-order valence-corrected chi connectivity index (χ2v) is 12.1. The molecule has 0 unspecified atom stereocenters. The van der Waals surface area contributed by atoms with Crippen LogP contribution in [-0.4, -0.2) is 50.5 Å². The van der Waals surface area contributed by atoms with Crippen LogP contribution in [0.4, 0.5) is 5.69 Å². The van der Waals surface area contributed by atoms with E-state index in [0.29, 0.717) is 33.4 Å². The fourth-order valence-corrected chi connectivity index (χ4v) is 5.59. The predicted octanol–water partition coefficient (Wildman–Crippen LogP) is 5.23. The molecule has 0 radical (unpaired) electrons. The number of halogens is 2. The second kappa shape index (κ2) is 13.8. The summed E-state index contributed by atoms with van der Waals surface area (Å²) in [4.78, 5) is 28.9. The molecule has 3 rings (SSSR count). The number of carbonyl (C=O) groups excluding carboxylic acids is 2. The number of sulfonamides is 1. The molecule has 1 N–H and O–H groups in total. The number of benzene rings is 3. The van der Waals surface area contributed by atoms with Gasteiger partial charge in [-0.05, 0) is 60.4 Å². The van der Waals surface area contributed by atoms with Gasteiger partial charge in [-0.15, -0.1) is 0 Å². The Balaban J connectivity index is 2.06. The van der Waals surface area contributed by atoms with Crippen LogP contribution in [0.25, 0.3) is 0 Å². The van der Waals surface area contributed by atoms with Crippen molar-refractivity contribution < 1.29 is 18.0 Å². The van der Waals surface area contributed by atoms with Crippen molar-refractivity contribution in [1.29, 1.82) is 0 Å². The summed E-state index contributed by atoms with van der Waals surface area (Å²) in [6, 6.07) is 20.3. The zero-order chi connectivity index (χ0) is 28.6. The summed E-state index contributed by atoms with van der Waals surface area (Å²) in [5.41, 5.74) is 2.52. The molecule has 0 spiro atoms. The Bertz CT molecular complexity index is 1400. The molecule has 0 heterocycles. The van der Waals surface area contributed by atoms with Crippen molar-refractivity contribution in [2.45, 2.75) is 39.3 Å². The fraction of sp³-hybridized carbons (Fsp3) is 0.310. The quantitative estimate of drug-likeness (QED) is 0.313. The van der Waals surface area contributed by atoms with Crippen LogP contribution in [0.1, 0.15) is 30.0 Å². The van der Waals surface area contributed by atoms with E-state index in [9.17, 15) is 18.0 Å². The van der Waals surface area contributed by atoms with Gasteiger partial charge in [-0.3, -0.25) is 13.9 Å². The molecule has 3 aromatic rings. The number of carbonyl (C=O) groups is 2. The monoisotopic (exact) mass is 589 g/mol. The normalized spacial score (nSPS) is 12.0. The SMILES string of the molecule is CCCNC(=O)[C@@H](Cc1ccccc1)N(Cc1cccc(Cl)c1)C(=O)CN(c1ccc(Cl)cc1C)S(C)(=O)=O. The first-order valence-corrected chi connectivity index (χ1v) is 15.2. The smallest absolute Gasteiger partial charge is 0.244 e. The molecule has 0 aromatic heterocycles. The highest BCUT2D eigenvalue weighted by Crippen LogP contribution is 2.26. The number of hydrogen-bond acceptors (Lipinski definition) is 4. The van der Waals surface area contributed by atoms with Gasteiger partial charge in [0.05, 0.1) is 11.9 Å². The van der Waals surface area contributed by atoms with Gasteiger partial charge in [-0.25, -0.2) is 8.42 Å². The van der Waals surface area contributed by atoms with E-state index in [1.54, 1.807) is 43.3 Å². The minimum absolute atomic E-state index is 0.0631. The molecule has 1 atom stereocenters. The van der Waals surface area contributed by atoms with E-state index in [1.165, 1.54) is 4.90 Å². The number of rotatable bonds is 12. The Hall–Kier alpha value is -3.07. The molecule has 3 aromatic carbocycles. The number of hydrogen-bond donors (Lipinski definition) is 1. The van der Waals surface area contributed by atoms with E-state index in [-0.39, 0.29) is 18.9 Å². The lowest BCUT2D eigenvalue weighted by Gasteiger charge is -2.33. The Morgan fingerprint density at radius 3 is 2.21 bits per heavy atom.